The number of thioether (sulfide) groups is 1. The zero-order valence-electron chi connectivity index (χ0n) is 16.3. The first-order chi connectivity index (χ1) is 15.7. The van der Waals surface area contributed by atoms with Crippen LogP contribution in [0.25, 0.3) is 6.08 Å². The molecule has 1 amide bonds. The number of benzene rings is 3. The highest BCUT2D eigenvalue weighted by Crippen LogP contribution is 2.40. The summed E-state index contributed by atoms with van der Waals surface area (Å²) in [6, 6.07) is 17.0. The number of nitro groups is 1. The molecule has 166 valence electrons. The van der Waals surface area contributed by atoms with Gasteiger partial charge in [0.15, 0.2) is 4.32 Å². The maximum Gasteiger partial charge on any atom is 0.283 e. The van der Waals surface area contributed by atoms with Gasteiger partial charge in [0, 0.05) is 20.5 Å². The van der Waals surface area contributed by atoms with E-state index in [-0.39, 0.29) is 11.6 Å². The van der Waals surface area contributed by atoms with E-state index in [1.165, 1.54) is 22.7 Å². The Bertz CT molecular complexity index is 1330. The van der Waals surface area contributed by atoms with Crippen LogP contribution in [0, 0.1) is 10.1 Å². The van der Waals surface area contributed by atoms with E-state index in [2.05, 4.69) is 15.9 Å². The molecule has 0 saturated carbocycles. The topological polar surface area (TPSA) is 63.4 Å². The van der Waals surface area contributed by atoms with Crippen molar-refractivity contribution < 1.29 is 9.72 Å². The highest BCUT2D eigenvalue weighted by molar-refractivity contribution is 9.10. The molecule has 1 saturated heterocycles. The lowest BCUT2D eigenvalue weighted by Gasteiger charge is -2.15. The standard InChI is InChI=1S/C22H11BrCl2N2O3S3/c23-16-7-4-14(11-17(16)25)26-21(28)20(33-22(26)31)10-12-1-8-19(18(9-12)27(29)30)32-15-5-2-13(24)3-6-15/h1-11H/b20-10-. The summed E-state index contributed by atoms with van der Waals surface area (Å²) in [5.41, 5.74) is 1.02. The summed E-state index contributed by atoms with van der Waals surface area (Å²) in [5, 5.41) is 12.7. The maximum atomic E-state index is 13.0. The van der Waals surface area contributed by atoms with Gasteiger partial charge in [-0.05, 0) is 76.1 Å². The predicted octanol–water partition coefficient (Wildman–Crippen LogP) is 8.22. The zero-order chi connectivity index (χ0) is 23.7. The van der Waals surface area contributed by atoms with Crippen molar-refractivity contribution in [2.24, 2.45) is 0 Å². The van der Waals surface area contributed by atoms with Crippen LogP contribution in [0.1, 0.15) is 5.56 Å². The summed E-state index contributed by atoms with van der Waals surface area (Å²) < 4.78 is 1.06. The van der Waals surface area contributed by atoms with Crippen molar-refractivity contribution in [3.8, 4) is 0 Å². The molecular formula is C22H11BrCl2N2O3S3. The third kappa shape index (κ3) is 5.45. The van der Waals surface area contributed by atoms with Crippen molar-refractivity contribution in [3.05, 3.63) is 95.8 Å². The van der Waals surface area contributed by atoms with Gasteiger partial charge in [0.25, 0.3) is 11.6 Å². The number of thiocarbonyl (C=S) groups is 1. The highest BCUT2D eigenvalue weighted by Gasteiger charge is 2.33. The Morgan fingerprint density at radius 1 is 1.09 bits per heavy atom. The fourth-order valence-electron chi connectivity index (χ4n) is 2.95. The predicted molar refractivity (Wildman–Crippen MR) is 143 cm³/mol. The van der Waals surface area contributed by atoms with Crippen molar-refractivity contribution in [1.29, 1.82) is 0 Å². The van der Waals surface area contributed by atoms with Crippen molar-refractivity contribution >= 4 is 103 Å². The molecule has 3 aromatic carbocycles. The third-order valence-corrected chi connectivity index (χ3v) is 8.33. The Morgan fingerprint density at radius 3 is 2.48 bits per heavy atom. The summed E-state index contributed by atoms with van der Waals surface area (Å²) in [6.07, 6.45) is 1.60. The van der Waals surface area contributed by atoms with Crippen LogP contribution in [0.15, 0.2) is 79.8 Å². The first kappa shape index (κ1) is 24.3. The van der Waals surface area contributed by atoms with Crippen LogP contribution in [0.3, 0.4) is 0 Å². The minimum absolute atomic E-state index is 0.0566. The number of carbonyl (C=O) groups excluding carboxylic acids is 1. The molecule has 3 aromatic rings. The van der Waals surface area contributed by atoms with E-state index in [9.17, 15) is 14.9 Å². The van der Waals surface area contributed by atoms with Crippen LogP contribution >= 0.6 is 74.9 Å². The van der Waals surface area contributed by atoms with Gasteiger partial charge in [0.2, 0.25) is 0 Å². The van der Waals surface area contributed by atoms with Crippen molar-refractivity contribution in [2.45, 2.75) is 9.79 Å². The van der Waals surface area contributed by atoms with Crippen LogP contribution in [-0.4, -0.2) is 15.2 Å². The largest absolute Gasteiger partial charge is 0.283 e. The monoisotopic (exact) mass is 596 g/mol. The Balaban J connectivity index is 1.63. The zero-order valence-corrected chi connectivity index (χ0v) is 21.9. The van der Waals surface area contributed by atoms with Crippen LogP contribution in [0.5, 0.6) is 0 Å². The number of anilines is 1. The molecule has 0 N–H and O–H groups in total. The lowest BCUT2D eigenvalue weighted by molar-refractivity contribution is -0.387. The molecule has 0 atom stereocenters. The number of halogens is 3. The summed E-state index contributed by atoms with van der Waals surface area (Å²) in [5.74, 6) is -0.314. The minimum Gasteiger partial charge on any atom is -0.268 e. The quantitative estimate of drug-likeness (QED) is 0.128. The van der Waals surface area contributed by atoms with Gasteiger partial charge in [-0.25, -0.2) is 0 Å². The van der Waals surface area contributed by atoms with Crippen LogP contribution in [0.4, 0.5) is 11.4 Å². The summed E-state index contributed by atoms with van der Waals surface area (Å²) in [4.78, 5) is 27.3. The molecule has 33 heavy (non-hydrogen) atoms. The molecular weight excluding hydrogens is 587 g/mol. The molecule has 0 spiro atoms. The summed E-state index contributed by atoms with van der Waals surface area (Å²) >= 11 is 23.2. The number of amides is 1. The summed E-state index contributed by atoms with van der Waals surface area (Å²) in [7, 11) is 0. The molecule has 0 aliphatic carbocycles. The fraction of sp³-hybridized carbons (Fsp3) is 0. The second kappa shape index (κ2) is 10.2. The Kier molecular flexibility index (Phi) is 7.47. The van der Waals surface area contributed by atoms with E-state index < -0.39 is 4.92 Å². The van der Waals surface area contributed by atoms with Gasteiger partial charge in [-0.2, -0.15) is 0 Å². The number of nitrogens with zero attached hydrogens (tertiary/aromatic N) is 2. The van der Waals surface area contributed by atoms with E-state index in [1.807, 2.05) is 0 Å². The van der Waals surface area contributed by atoms with Crippen LogP contribution < -0.4 is 4.90 Å². The molecule has 1 heterocycles. The van der Waals surface area contributed by atoms with E-state index in [0.717, 1.165) is 16.7 Å². The molecule has 0 bridgehead atoms. The molecule has 1 aliphatic heterocycles. The molecule has 0 radical (unpaired) electrons. The van der Waals surface area contributed by atoms with E-state index >= 15 is 0 Å². The number of hydrogen-bond donors (Lipinski definition) is 0. The molecule has 1 aliphatic rings. The number of nitro benzene ring substituents is 1. The number of hydrogen-bond acceptors (Lipinski definition) is 6. The average Bonchev–Trinajstić information content (AvgIpc) is 3.05. The average molecular weight is 598 g/mol. The van der Waals surface area contributed by atoms with Gasteiger partial charge in [-0.1, -0.05) is 65.0 Å². The fourth-order valence-corrected chi connectivity index (χ4v) is 5.70. The van der Waals surface area contributed by atoms with Crippen LogP contribution in [0.2, 0.25) is 10.0 Å². The SMILES string of the molecule is O=C1/C(=C/c2ccc(Sc3ccc(Cl)cc3)c([N+](=O)[O-])c2)SC(=S)N1c1ccc(Br)c(Cl)c1. The normalized spacial score (nSPS) is 14.9. The van der Waals surface area contributed by atoms with E-state index in [4.69, 9.17) is 35.4 Å². The smallest absolute Gasteiger partial charge is 0.268 e. The van der Waals surface area contributed by atoms with Gasteiger partial charge >= 0.3 is 0 Å². The molecule has 1 fully saturated rings. The molecule has 0 aromatic heterocycles. The lowest BCUT2D eigenvalue weighted by Crippen LogP contribution is -2.27. The van der Waals surface area contributed by atoms with Gasteiger partial charge in [0.1, 0.15) is 0 Å². The molecule has 11 heteroatoms. The van der Waals surface area contributed by atoms with Crippen molar-refractivity contribution in [1.82, 2.24) is 0 Å². The van der Waals surface area contributed by atoms with Gasteiger partial charge in [0.05, 0.1) is 25.4 Å². The molecule has 0 unspecified atom stereocenters. The van der Waals surface area contributed by atoms with Gasteiger partial charge in [-0.15, -0.1) is 0 Å². The van der Waals surface area contributed by atoms with E-state index in [0.29, 0.717) is 39.9 Å². The number of rotatable bonds is 5. The minimum atomic E-state index is -0.440. The number of carbonyl (C=O) groups is 1. The van der Waals surface area contributed by atoms with Crippen LogP contribution in [-0.2, 0) is 4.79 Å². The Labute approximate surface area is 221 Å². The van der Waals surface area contributed by atoms with Crippen molar-refractivity contribution in [3.63, 3.8) is 0 Å². The second-order valence-corrected chi connectivity index (χ2v) is 11.1. The lowest BCUT2D eigenvalue weighted by atomic mass is 10.2. The first-order valence-corrected chi connectivity index (χ1v) is 12.8. The van der Waals surface area contributed by atoms with Crippen molar-refractivity contribution in [2.75, 3.05) is 4.90 Å². The Morgan fingerprint density at radius 2 is 1.82 bits per heavy atom. The van der Waals surface area contributed by atoms with Gasteiger partial charge in [-0.3, -0.25) is 19.8 Å². The second-order valence-electron chi connectivity index (χ2n) is 6.66. The van der Waals surface area contributed by atoms with Gasteiger partial charge < -0.3 is 0 Å². The maximum absolute atomic E-state index is 13.0. The first-order valence-electron chi connectivity index (χ1n) is 9.18. The summed E-state index contributed by atoms with van der Waals surface area (Å²) in [6.45, 7) is 0. The highest BCUT2D eigenvalue weighted by atomic mass is 79.9. The Hall–Kier alpha value is -1.88. The molecule has 4 rings (SSSR count). The molecule has 5 nitrogen and oxygen atoms in total. The van der Waals surface area contributed by atoms with E-state index in [1.54, 1.807) is 60.7 Å². The third-order valence-electron chi connectivity index (χ3n) is 4.47.